The molecule has 1 heterocycles. The van der Waals surface area contributed by atoms with Crippen molar-refractivity contribution in [2.24, 2.45) is 0 Å². The lowest BCUT2D eigenvalue weighted by atomic mass is 10.3. The smallest absolute Gasteiger partial charge is 0.321 e. The SMILES string of the molecule is CCS(=O)(=O)Nc1ccc(S(=O)(=O)Nc2cc(OC)nc(OC)n2)cc1. The third kappa shape index (κ3) is 4.95. The molecule has 0 unspecified atom stereocenters. The molecule has 0 aliphatic heterocycles. The molecule has 0 aliphatic carbocycles. The van der Waals surface area contributed by atoms with Crippen LogP contribution >= 0.6 is 0 Å². The Hall–Kier alpha value is -2.60. The number of ether oxygens (including phenoxy) is 2. The molecule has 0 saturated heterocycles. The van der Waals surface area contributed by atoms with Crippen molar-refractivity contribution in [3.63, 3.8) is 0 Å². The molecular weight excluding hydrogens is 384 g/mol. The van der Waals surface area contributed by atoms with Crippen LogP contribution in [-0.2, 0) is 20.0 Å². The number of methoxy groups -OCH3 is 2. The van der Waals surface area contributed by atoms with E-state index in [9.17, 15) is 16.8 Å². The van der Waals surface area contributed by atoms with Crippen molar-refractivity contribution in [2.75, 3.05) is 29.4 Å². The van der Waals surface area contributed by atoms with E-state index in [2.05, 4.69) is 19.4 Å². The highest BCUT2D eigenvalue weighted by Gasteiger charge is 2.17. The molecule has 1 aromatic heterocycles. The molecular formula is C14H18N4O6S2. The van der Waals surface area contributed by atoms with E-state index in [0.717, 1.165) is 0 Å². The van der Waals surface area contributed by atoms with Gasteiger partial charge in [-0.25, -0.2) is 16.8 Å². The zero-order chi connectivity index (χ0) is 19.4. The summed E-state index contributed by atoms with van der Waals surface area (Å²) < 4.78 is 62.5. The number of hydrogen-bond donors (Lipinski definition) is 2. The zero-order valence-electron chi connectivity index (χ0n) is 14.3. The number of benzene rings is 1. The fourth-order valence-corrected chi connectivity index (χ4v) is 3.43. The van der Waals surface area contributed by atoms with Gasteiger partial charge in [-0.05, 0) is 31.2 Å². The van der Waals surface area contributed by atoms with Crippen LogP contribution in [0.1, 0.15) is 6.92 Å². The molecule has 0 saturated carbocycles. The Kier molecular flexibility index (Phi) is 5.87. The number of hydrogen-bond acceptors (Lipinski definition) is 8. The summed E-state index contributed by atoms with van der Waals surface area (Å²) in [5.74, 6) is -0.00487. The molecule has 1 aromatic carbocycles. The van der Waals surface area contributed by atoms with Gasteiger partial charge in [0, 0.05) is 11.8 Å². The Morgan fingerprint density at radius 1 is 0.962 bits per heavy atom. The van der Waals surface area contributed by atoms with E-state index in [1.54, 1.807) is 0 Å². The number of rotatable bonds is 8. The van der Waals surface area contributed by atoms with Crippen LogP contribution in [-0.4, -0.2) is 46.8 Å². The molecule has 2 aromatic rings. The second kappa shape index (κ2) is 7.74. The van der Waals surface area contributed by atoms with Crippen molar-refractivity contribution in [1.82, 2.24) is 9.97 Å². The second-order valence-electron chi connectivity index (χ2n) is 4.92. The summed E-state index contributed by atoms with van der Waals surface area (Å²) in [7, 11) is -4.69. The molecule has 142 valence electrons. The van der Waals surface area contributed by atoms with E-state index >= 15 is 0 Å². The minimum absolute atomic E-state index is 0.0375. The maximum Gasteiger partial charge on any atom is 0.321 e. The molecule has 10 nitrogen and oxygen atoms in total. The van der Waals surface area contributed by atoms with E-state index in [4.69, 9.17) is 9.47 Å². The van der Waals surface area contributed by atoms with Crippen LogP contribution in [0.15, 0.2) is 35.2 Å². The van der Waals surface area contributed by atoms with Gasteiger partial charge >= 0.3 is 6.01 Å². The fraction of sp³-hybridized carbons (Fsp3) is 0.286. The Bertz CT molecular complexity index is 953. The lowest BCUT2D eigenvalue weighted by molar-refractivity contribution is 0.353. The molecule has 0 spiro atoms. The number of nitrogens with one attached hydrogen (secondary N) is 2. The predicted octanol–water partition coefficient (Wildman–Crippen LogP) is 1.06. The average Bonchev–Trinajstić information content (AvgIpc) is 2.61. The zero-order valence-corrected chi connectivity index (χ0v) is 15.9. The highest BCUT2D eigenvalue weighted by atomic mass is 32.2. The molecule has 0 atom stereocenters. The van der Waals surface area contributed by atoms with Crippen LogP contribution in [0.4, 0.5) is 11.5 Å². The van der Waals surface area contributed by atoms with E-state index in [1.807, 2.05) is 0 Å². The Morgan fingerprint density at radius 2 is 1.62 bits per heavy atom. The Balaban J connectivity index is 2.25. The third-order valence-electron chi connectivity index (χ3n) is 3.13. The molecule has 2 N–H and O–H groups in total. The van der Waals surface area contributed by atoms with Crippen molar-refractivity contribution in [3.05, 3.63) is 30.3 Å². The summed E-state index contributed by atoms with van der Waals surface area (Å²) in [5, 5.41) is 0. The van der Waals surface area contributed by atoms with Crippen LogP contribution in [0.5, 0.6) is 11.9 Å². The summed E-state index contributed by atoms with van der Waals surface area (Å²) >= 11 is 0. The maximum absolute atomic E-state index is 12.5. The van der Waals surface area contributed by atoms with E-state index < -0.39 is 20.0 Å². The van der Waals surface area contributed by atoms with Gasteiger partial charge in [0.15, 0.2) is 5.82 Å². The quantitative estimate of drug-likeness (QED) is 0.669. The molecule has 0 radical (unpaired) electrons. The van der Waals surface area contributed by atoms with Gasteiger partial charge in [-0.2, -0.15) is 9.97 Å². The number of nitrogens with zero attached hydrogens (tertiary/aromatic N) is 2. The monoisotopic (exact) mass is 402 g/mol. The highest BCUT2D eigenvalue weighted by Crippen LogP contribution is 2.21. The average molecular weight is 402 g/mol. The largest absolute Gasteiger partial charge is 0.481 e. The van der Waals surface area contributed by atoms with Gasteiger partial charge in [0.2, 0.25) is 15.9 Å². The molecule has 0 bridgehead atoms. The first-order valence-electron chi connectivity index (χ1n) is 7.29. The maximum atomic E-state index is 12.5. The highest BCUT2D eigenvalue weighted by molar-refractivity contribution is 7.93. The van der Waals surface area contributed by atoms with Crippen LogP contribution in [0.25, 0.3) is 0 Å². The van der Waals surface area contributed by atoms with Crippen LogP contribution in [0, 0.1) is 0 Å². The van der Waals surface area contributed by atoms with Gasteiger partial charge in [-0.1, -0.05) is 0 Å². The molecule has 0 fully saturated rings. The topological polar surface area (TPSA) is 137 Å². The van der Waals surface area contributed by atoms with Gasteiger partial charge in [0.1, 0.15) is 0 Å². The summed E-state index contributed by atoms with van der Waals surface area (Å²) in [5.41, 5.74) is 0.260. The molecule has 0 aliphatic rings. The molecule has 26 heavy (non-hydrogen) atoms. The summed E-state index contributed by atoms with van der Waals surface area (Å²) in [4.78, 5) is 7.69. The molecule has 12 heteroatoms. The van der Waals surface area contributed by atoms with Gasteiger partial charge in [0.05, 0.1) is 24.9 Å². The lowest BCUT2D eigenvalue weighted by Crippen LogP contribution is -2.16. The van der Waals surface area contributed by atoms with E-state index in [-0.39, 0.29) is 34.0 Å². The summed E-state index contributed by atoms with van der Waals surface area (Å²) in [6.45, 7) is 1.50. The first-order valence-corrected chi connectivity index (χ1v) is 10.4. The first-order chi connectivity index (χ1) is 12.2. The van der Waals surface area contributed by atoms with Crippen molar-refractivity contribution in [1.29, 1.82) is 0 Å². The minimum atomic E-state index is -3.96. The number of aromatic nitrogens is 2. The third-order valence-corrected chi connectivity index (χ3v) is 5.81. The van der Waals surface area contributed by atoms with Crippen molar-refractivity contribution < 1.29 is 26.3 Å². The minimum Gasteiger partial charge on any atom is -0.481 e. The predicted molar refractivity (Wildman–Crippen MR) is 95.5 cm³/mol. The van der Waals surface area contributed by atoms with Gasteiger partial charge < -0.3 is 9.47 Å². The second-order valence-corrected chi connectivity index (χ2v) is 8.61. The molecule has 0 amide bonds. The van der Waals surface area contributed by atoms with Gasteiger partial charge in [-0.3, -0.25) is 9.44 Å². The van der Waals surface area contributed by atoms with Crippen LogP contribution < -0.4 is 18.9 Å². The number of anilines is 2. The summed E-state index contributed by atoms with van der Waals surface area (Å²) in [6, 6.07) is 6.47. The lowest BCUT2D eigenvalue weighted by Gasteiger charge is -2.10. The first kappa shape index (κ1) is 19.7. The van der Waals surface area contributed by atoms with Crippen LogP contribution in [0.3, 0.4) is 0 Å². The Morgan fingerprint density at radius 3 is 2.15 bits per heavy atom. The van der Waals surface area contributed by atoms with E-state index in [1.165, 1.54) is 51.5 Å². The van der Waals surface area contributed by atoms with Crippen molar-refractivity contribution in [3.8, 4) is 11.9 Å². The standard InChI is InChI=1S/C14H18N4O6S2/c1-4-25(19,20)17-10-5-7-11(8-6-10)26(21,22)18-12-9-13(23-2)16-14(15-12)24-3/h5-9,17H,4H2,1-3H3,(H,15,16,18). The van der Waals surface area contributed by atoms with E-state index in [0.29, 0.717) is 0 Å². The summed E-state index contributed by atoms with van der Waals surface area (Å²) in [6.07, 6.45) is 0. The fourth-order valence-electron chi connectivity index (χ4n) is 1.80. The van der Waals surface area contributed by atoms with Gasteiger partial charge in [0.25, 0.3) is 10.0 Å². The Labute approximate surface area is 151 Å². The van der Waals surface area contributed by atoms with Crippen molar-refractivity contribution >= 4 is 31.6 Å². The normalized spacial score (nSPS) is 11.7. The van der Waals surface area contributed by atoms with Gasteiger partial charge in [-0.15, -0.1) is 0 Å². The molecule has 2 rings (SSSR count). The number of sulfonamides is 2. The van der Waals surface area contributed by atoms with Crippen LogP contribution in [0.2, 0.25) is 0 Å². The van der Waals surface area contributed by atoms with Crippen molar-refractivity contribution in [2.45, 2.75) is 11.8 Å².